The lowest BCUT2D eigenvalue weighted by Gasteiger charge is -2.24. The Balaban J connectivity index is 1.31. The molecule has 1 unspecified atom stereocenters. The average molecular weight is 366 g/mol. The number of fused-ring (bicyclic) bond motifs is 3. The molecule has 0 N–H and O–H groups in total. The molecule has 7 heteroatoms. The number of nitrogens with zero attached hydrogens (tertiary/aromatic N) is 4. The van der Waals surface area contributed by atoms with Crippen molar-refractivity contribution in [2.45, 2.75) is 17.1 Å². The molecule has 2 aliphatic heterocycles. The quantitative estimate of drug-likeness (QED) is 0.691. The van der Waals surface area contributed by atoms with Gasteiger partial charge in [-0.15, -0.1) is 10.2 Å². The molecule has 3 aromatic rings. The minimum Gasteiger partial charge on any atom is -0.489 e. The Bertz CT molecular complexity index is 924. The summed E-state index contributed by atoms with van der Waals surface area (Å²) >= 11 is 3.45. The largest absolute Gasteiger partial charge is 0.489 e. The zero-order valence-corrected chi connectivity index (χ0v) is 14.8. The van der Waals surface area contributed by atoms with Crippen molar-refractivity contribution in [1.82, 2.24) is 14.9 Å². The number of hydrogen-bond donors (Lipinski definition) is 0. The van der Waals surface area contributed by atoms with Gasteiger partial charge in [0.2, 0.25) is 5.16 Å². The summed E-state index contributed by atoms with van der Waals surface area (Å²) < 4.78 is 7.89. The topological polar surface area (TPSA) is 43.2 Å². The van der Waals surface area contributed by atoms with Gasteiger partial charge in [-0.05, 0) is 35.0 Å². The molecule has 5 nitrogen and oxygen atoms in total. The molecule has 0 bridgehead atoms. The minimum atomic E-state index is 0.197. The predicted octanol–water partition coefficient (Wildman–Crippen LogP) is 4.15. The zero-order valence-electron chi connectivity index (χ0n) is 13.1. The van der Waals surface area contributed by atoms with Crippen LogP contribution in [0.1, 0.15) is 16.5 Å². The van der Waals surface area contributed by atoms with E-state index in [0.29, 0.717) is 6.61 Å². The molecule has 0 spiro atoms. The van der Waals surface area contributed by atoms with Gasteiger partial charge in [0.1, 0.15) is 29.1 Å². The second-order valence-electron chi connectivity index (χ2n) is 5.69. The van der Waals surface area contributed by atoms with Gasteiger partial charge < -0.3 is 4.74 Å². The monoisotopic (exact) mass is 366 g/mol. The SMILES string of the molecule is C1=C2Sc3nncn3N2C(c2ccc(OCc3ccccc3)cc2)S1. The first-order valence-electron chi connectivity index (χ1n) is 7.88. The molecule has 2 aromatic carbocycles. The van der Waals surface area contributed by atoms with E-state index in [-0.39, 0.29) is 5.37 Å². The number of hydrogen-bond acceptors (Lipinski definition) is 6. The molecule has 2 aliphatic rings. The van der Waals surface area contributed by atoms with Gasteiger partial charge in [-0.2, -0.15) is 0 Å². The zero-order chi connectivity index (χ0) is 16.6. The summed E-state index contributed by atoms with van der Waals surface area (Å²) in [4.78, 5) is 0. The van der Waals surface area contributed by atoms with E-state index in [2.05, 4.69) is 44.9 Å². The Kier molecular flexibility index (Phi) is 3.68. The first-order chi connectivity index (χ1) is 12.4. The van der Waals surface area contributed by atoms with Crippen molar-refractivity contribution in [3.05, 3.63) is 82.5 Å². The molecule has 124 valence electrons. The van der Waals surface area contributed by atoms with Gasteiger partial charge in [-0.3, -0.25) is 5.01 Å². The van der Waals surface area contributed by atoms with E-state index in [1.807, 2.05) is 35.0 Å². The van der Waals surface area contributed by atoms with Crippen molar-refractivity contribution >= 4 is 23.5 Å². The van der Waals surface area contributed by atoms with E-state index in [1.54, 1.807) is 29.9 Å². The highest BCUT2D eigenvalue weighted by atomic mass is 32.2. The van der Waals surface area contributed by atoms with E-state index in [1.165, 1.54) is 16.2 Å². The summed E-state index contributed by atoms with van der Waals surface area (Å²) in [6.07, 6.45) is 1.76. The van der Waals surface area contributed by atoms with Crippen molar-refractivity contribution in [3.63, 3.8) is 0 Å². The van der Waals surface area contributed by atoms with Crippen LogP contribution in [-0.4, -0.2) is 14.9 Å². The van der Waals surface area contributed by atoms with Gasteiger partial charge in [0.25, 0.3) is 0 Å². The number of benzene rings is 2. The lowest BCUT2D eigenvalue weighted by atomic mass is 10.2. The van der Waals surface area contributed by atoms with Crippen LogP contribution in [0.15, 0.2) is 76.5 Å². The van der Waals surface area contributed by atoms with Crippen molar-refractivity contribution < 1.29 is 4.74 Å². The first-order valence-corrected chi connectivity index (χ1v) is 9.64. The van der Waals surface area contributed by atoms with Gasteiger partial charge in [0.15, 0.2) is 0 Å². The van der Waals surface area contributed by atoms with E-state index in [9.17, 15) is 0 Å². The van der Waals surface area contributed by atoms with Gasteiger partial charge in [0.05, 0.1) is 0 Å². The molecule has 0 fully saturated rings. The maximum Gasteiger partial charge on any atom is 0.216 e. The number of aromatic nitrogens is 3. The third-order valence-corrected chi connectivity index (χ3v) is 6.29. The third-order valence-electron chi connectivity index (χ3n) is 4.09. The fraction of sp³-hybridized carbons (Fsp3) is 0.111. The second-order valence-corrected chi connectivity index (χ2v) is 7.63. The van der Waals surface area contributed by atoms with Crippen molar-refractivity contribution in [2.24, 2.45) is 0 Å². The molecule has 0 aliphatic carbocycles. The van der Waals surface area contributed by atoms with E-state index in [0.717, 1.165) is 10.9 Å². The van der Waals surface area contributed by atoms with E-state index >= 15 is 0 Å². The van der Waals surface area contributed by atoms with Crippen LogP contribution in [0.3, 0.4) is 0 Å². The Morgan fingerprint density at radius 2 is 1.88 bits per heavy atom. The maximum atomic E-state index is 5.88. The summed E-state index contributed by atoms with van der Waals surface area (Å²) in [5.41, 5.74) is 2.39. The van der Waals surface area contributed by atoms with Crippen LogP contribution in [0.2, 0.25) is 0 Å². The molecule has 1 atom stereocenters. The lowest BCUT2D eigenvalue weighted by molar-refractivity contribution is 0.306. The summed E-state index contributed by atoms with van der Waals surface area (Å²) in [6, 6.07) is 18.5. The van der Waals surface area contributed by atoms with Crippen LogP contribution in [0.4, 0.5) is 0 Å². The van der Waals surface area contributed by atoms with E-state index in [4.69, 9.17) is 4.74 Å². The third kappa shape index (κ3) is 2.69. The Morgan fingerprint density at radius 1 is 1.04 bits per heavy atom. The van der Waals surface area contributed by atoms with E-state index < -0.39 is 0 Å². The summed E-state index contributed by atoms with van der Waals surface area (Å²) in [5, 5.41) is 14.9. The van der Waals surface area contributed by atoms with Crippen LogP contribution in [0.25, 0.3) is 0 Å². The predicted molar refractivity (Wildman–Crippen MR) is 99.7 cm³/mol. The highest BCUT2D eigenvalue weighted by Crippen LogP contribution is 2.50. The Morgan fingerprint density at radius 3 is 2.72 bits per heavy atom. The fourth-order valence-electron chi connectivity index (χ4n) is 2.86. The van der Waals surface area contributed by atoms with Gasteiger partial charge in [-0.25, -0.2) is 4.68 Å². The molecule has 0 amide bonds. The Labute approximate surface area is 153 Å². The second kappa shape index (κ2) is 6.16. The van der Waals surface area contributed by atoms with Crippen LogP contribution in [-0.2, 0) is 6.61 Å². The van der Waals surface area contributed by atoms with Crippen LogP contribution in [0, 0.1) is 0 Å². The normalized spacial score (nSPS) is 18.0. The maximum absolute atomic E-state index is 5.88. The Hall–Kier alpha value is -2.38. The van der Waals surface area contributed by atoms with Crippen LogP contribution >= 0.6 is 23.5 Å². The van der Waals surface area contributed by atoms with Crippen LogP contribution < -0.4 is 9.75 Å². The molecular formula is C18H14N4OS2. The highest BCUT2D eigenvalue weighted by molar-refractivity contribution is 8.07. The number of rotatable bonds is 4. The molecule has 3 heterocycles. The smallest absolute Gasteiger partial charge is 0.216 e. The lowest BCUT2D eigenvalue weighted by Crippen LogP contribution is -2.28. The minimum absolute atomic E-state index is 0.197. The summed E-state index contributed by atoms with van der Waals surface area (Å²) in [5.74, 6) is 0.879. The average Bonchev–Trinajstić information content (AvgIpc) is 3.34. The molecule has 0 radical (unpaired) electrons. The summed E-state index contributed by atoms with van der Waals surface area (Å²) in [7, 11) is 0. The van der Waals surface area contributed by atoms with Crippen molar-refractivity contribution in [3.8, 4) is 5.75 Å². The van der Waals surface area contributed by atoms with Crippen LogP contribution in [0.5, 0.6) is 5.75 Å². The molecular weight excluding hydrogens is 352 g/mol. The molecule has 0 saturated heterocycles. The molecule has 0 saturated carbocycles. The fourth-order valence-corrected chi connectivity index (χ4v) is 5.07. The van der Waals surface area contributed by atoms with Crippen molar-refractivity contribution in [2.75, 3.05) is 5.01 Å². The molecule has 25 heavy (non-hydrogen) atoms. The number of ether oxygens (including phenoxy) is 1. The summed E-state index contributed by atoms with van der Waals surface area (Å²) in [6.45, 7) is 0.580. The van der Waals surface area contributed by atoms with Gasteiger partial charge in [-0.1, -0.05) is 54.2 Å². The standard InChI is InChI=1S/C18H14N4OS2/c1-2-4-13(5-3-1)10-23-15-8-6-14(7-9-15)17-22-16(11-24-17)25-18-20-19-12-21(18)22/h1-9,11-12,17H,10H2. The van der Waals surface area contributed by atoms with Gasteiger partial charge in [0, 0.05) is 5.41 Å². The van der Waals surface area contributed by atoms with Crippen molar-refractivity contribution in [1.29, 1.82) is 0 Å². The molecule has 5 rings (SSSR count). The number of thioether (sulfide) groups is 2. The highest BCUT2D eigenvalue weighted by Gasteiger charge is 2.37. The van der Waals surface area contributed by atoms with Gasteiger partial charge >= 0.3 is 0 Å². The first kappa shape index (κ1) is 14.9. The molecule has 1 aromatic heterocycles.